The van der Waals surface area contributed by atoms with Crippen molar-refractivity contribution in [1.29, 1.82) is 5.26 Å². The molecule has 3 N–H and O–H groups in total. The second-order valence-corrected chi connectivity index (χ2v) is 12.5. The summed E-state index contributed by atoms with van der Waals surface area (Å²) in [4.78, 5) is 59.0. The molecule has 1 aromatic heterocycles. The maximum Gasteiger partial charge on any atom is 0.451 e. The molecule has 15 heteroatoms. The fraction of sp³-hybridized carbons (Fsp3) is 0.500. The van der Waals surface area contributed by atoms with Gasteiger partial charge >= 0.3 is 12.1 Å². The molecule has 2 saturated heterocycles. The van der Waals surface area contributed by atoms with Crippen LogP contribution in [0.5, 0.6) is 0 Å². The summed E-state index contributed by atoms with van der Waals surface area (Å²) in [6, 6.07) is 9.94. The molecule has 12 nitrogen and oxygen atoms in total. The summed E-state index contributed by atoms with van der Waals surface area (Å²) in [6.07, 6.45) is -0.724. The van der Waals surface area contributed by atoms with E-state index in [-0.39, 0.29) is 48.4 Å². The zero-order valence-corrected chi connectivity index (χ0v) is 26.9. The third kappa shape index (κ3) is 8.73. The van der Waals surface area contributed by atoms with E-state index in [2.05, 4.69) is 26.7 Å². The topological polar surface area (TPSA) is 169 Å². The smallest absolute Gasteiger partial charge is 0.451 e. The number of carboxylic acid groups (broad SMARTS) is 1. The minimum Gasteiger partial charge on any atom is -0.481 e. The predicted octanol–water partition coefficient (Wildman–Crippen LogP) is 3.42. The number of amides is 1. The van der Waals surface area contributed by atoms with Crippen LogP contribution in [0.3, 0.4) is 0 Å². The maximum atomic E-state index is 14.0. The number of piperidine rings is 1. The maximum absolute atomic E-state index is 14.0. The Hall–Kier alpha value is -5.00. The Morgan fingerprint density at radius 3 is 2.37 bits per heavy atom. The van der Waals surface area contributed by atoms with Gasteiger partial charge < -0.3 is 25.5 Å². The lowest BCUT2D eigenvalue weighted by molar-refractivity contribution is -0.144. The summed E-state index contributed by atoms with van der Waals surface area (Å²) < 4.78 is 41.9. The molecule has 2 aromatic carbocycles. The quantitative estimate of drug-likeness (QED) is 0.213. The molecule has 0 spiro atoms. The fourth-order valence-corrected chi connectivity index (χ4v) is 6.50. The molecule has 2 fully saturated rings. The van der Waals surface area contributed by atoms with Gasteiger partial charge in [0.05, 0.1) is 17.3 Å². The average Bonchev–Trinajstić information content (AvgIpc) is 3.59. The third-order valence-electron chi connectivity index (χ3n) is 9.22. The number of carbonyl (C=O) groups is 2. The van der Waals surface area contributed by atoms with E-state index in [0.29, 0.717) is 82.4 Å². The van der Waals surface area contributed by atoms with Crippen LogP contribution in [0.15, 0.2) is 39.9 Å². The van der Waals surface area contributed by atoms with Gasteiger partial charge in [0.25, 0.3) is 0 Å². The first-order chi connectivity index (χ1) is 23.4. The monoisotopic (exact) mass is 681 g/mol. The van der Waals surface area contributed by atoms with E-state index in [1.165, 1.54) is 6.07 Å². The van der Waals surface area contributed by atoms with Gasteiger partial charge in [0.15, 0.2) is 0 Å². The molecule has 0 saturated carbocycles. The summed E-state index contributed by atoms with van der Waals surface area (Å²) >= 11 is 0. The van der Waals surface area contributed by atoms with Crippen LogP contribution in [-0.2, 0) is 28.6 Å². The predicted molar refractivity (Wildman–Crippen MR) is 175 cm³/mol. The van der Waals surface area contributed by atoms with Crippen LogP contribution in [0.1, 0.15) is 67.5 Å². The van der Waals surface area contributed by atoms with Gasteiger partial charge in [-0.2, -0.15) is 18.4 Å². The molecule has 1 atom stereocenters. The largest absolute Gasteiger partial charge is 0.481 e. The van der Waals surface area contributed by atoms with Crippen LogP contribution >= 0.6 is 0 Å². The number of nitriles is 1. The minimum absolute atomic E-state index is 0.0561. The standard InChI is InChI=1S/C34H38F3N7O5/c35-34(36,37)33-41-26(43-17-12-22(13-18-43)10-14-39-29-24(30(47)31(29)48)3-1-5-28(45)46)19-27(42-33)44-16-2-4-25(44)32(49)40-15-11-21-6-8-23(20-38)9-7-21/h6-9,19,22,25,39H,1-5,10-18H2,(H,40,49)(H,45,46)/t25-/m0/s1. The molecule has 260 valence electrons. The molecule has 49 heavy (non-hydrogen) atoms. The molecular formula is C34H38F3N7O5. The van der Waals surface area contributed by atoms with Gasteiger partial charge in [-0.15, -0.1) is 0 Å². The van der Waals surface area contributed by atoms with Gasteiger partial charge in [0.2, 0.25) is 22.6 Å². The van der Waals surface area contributed by atoms with Crippen molar-refractivity contribution in [3.05, 3.63) is 73.3 Å². The van der Waals surface area contributed by atoms with E-state index in [9.17, 15) is 32.3 Å². The van der Waals surface area contributed by atoms with Crippen molar-refractivity contribution in [2.24, 2.45) is 5.92 Å². The highest BCUT2D eigenvalue weighted by atomic mass is 19.4. The summed E-state index contributed by atoms with van der Waals surface area (Å²) in [5.41, 5.74) is 0.893. The average molecular weight is 682 g/mol. The number of anilines is 3. The molecule has 0 bridgehead atoms. The number of carboxylic acids is 1. The Morgan fingerprint density at radius 2 is 1.69 bits per heavy atom. The van der Waals surface area contributed by atoms with E-state index in [1.807, 2.05) is 12.1 Å². The van der Waals surface area contributed by atoms with Gasteiger partial charge in [-0.3, -0.25) is 19.2 Å². The fourth-order valence-electron chi connectivity index (χ4n) is 6.50. The molecule has 2 aliphatic heterocycles. The SMILES string of the molecule is N#Cc1ccc(CCNC(=O)[C@@H]2CCCN2c2cc(N3CCC(CCNc4c(CCCC(=O)O)c(=O)c4=O)CC3)nc(C(F)(F)F)n2)cc1. The summed E-state index contributed by atoms with van der Waals surface area (Å²) in [7, 11) is 0. The van der Waals surface area contributed by atoms with Crippen molar-refractivity contribution in [3.8, 4) is 6.07 Å². The first-order valence-corrected chi connectivity index (χ1v) is 16.5. The molecule has 0 radical (unpaired) electrons. The summed E-state index contributed by atoms with van der Waals surface area (Å²) in [6.45, 7) is 2.06. The Kier molecular flexibility index (Phi) is 11.2. The molecule has 1 amide bonds. The van der Waals surface area contributed by atoms with Gasteiger partial charge in [0, 0.05) is 50.8 Å². The Bertz CT molecular complexity index is 1760. The van der Waals surface area contributed by atoms with Crippen LogP contribution in [0.2, 0.25) is 0 Å². The normalized spacial score (nSPS) is 16.9. The summed E-state index contributed by atoms with van der Waals surface area (Å²) in [5.74, 6) is -2.08. The van der Waals surface area contributed by atoms with Gasteiger partial charge in [-0.05, 0) is 75.0 Å². The van der Waals surface area contributed by atoms with Crippen LogP contribution in [0.25, 0.3) is 0 Å². The van der Waals surface area contributed by atoms with Crippen molar-refractivity contribution in [1.82, 2.24) is 15.3 Å². The van der Waals surface area contributed by atoms with Crippen molar-refractivity contribution < 1.29 is 27.9 Å². The van der Waals surface area contributed by atoms with E-state index in [4.69, 9.17) is 10.4 Å². The number of aliphatic carboxylic acids is 1. The first kappa shape index (κ1) is 35.3. The number of benzene rings is 1. The lowest BCUT2D eigenvalue weighted by Gasteiger charge is -2.34. The van der Waals surface area contributed by atoms with Crippen LogP contribution < -0.4 is 31.3 Å². The zero-order chi connectivity index (χ0) is 35.1. The molecular weight excluding hydrogens is 643 g/mol. The van der Waals surface area contributed by atoms with E-state index in [1.54, 1.807) is 21.9 Å². The number of rotatable bonds is 14. The number of alkyl halides is 3. The first-order valence-electron chi connectivity index (χ1n) is 16.5. The number of hydrogen-bond acceptors (Lipinski definition) is 10. The highest BCUT2D eigenvalue weighted by molar-refractivity contribution is 5.85. The molecule has 3 heterocycles. The molecule has 3 aromatic rings. The Morgan fingerprint density at radius 1 is 0.980 bits per heavy atom. The van der Waals surface area contributed by atoms with Crippen molar-refractivity contribution in [2.75, 3.05) is 47.8 Å². The minimum atomic E-state index is -4.78. The number of nitrogens with one attached hydrogen (secondary N) is 2. The highest BCUT2D eigenvalue weighted by Gasteiger charge is 2.39. The molecule has 0 unspecified atom stereocenters. The summed E-state index contributed by atoms with van der Waals surface area (Å²) in [5, 5.41) is 23.7. The van der Waals surface area contributed by atoms with E-state index >= 15 is 0 Å². The van der Waals surface area contributed by atoms with Gasteiger partial charge in [-0.1, -0.05) is 12.1 Å². The van der Waals surface area contributed by atoms with Crippen molar-refractivity contribution in [3.63, 3.8) is 0 Å². The Labute approximate surface area is 280 Å². The lowest BCUT2D eigenvalue weighted by Crippen LogP contribution is -2.44. The van der Waals surface area contributed by atoms with E-state index < -0.39 is 34.9 Å². The highest BCUT2D eigenvalue weighted by Crippen LogP contribution is 2.34. The number of carbonyl (C=O) groups excluding carboxylic acids is 1. The Balaban J connectivity index is 1.17. The molecule has 0 aliphatic carbocycles. The van der Waals surface area contributed by atoms with E-state index in [0.717, 1.165) is 5.56 Å². The molecule has 5 rings (SSSR count). The zero-order valence-electron chi connectivity index (χ0n) is 26.9. The van der Waals surface area contributed by atoms with Crippen LogP contribution in [0, 0.1) is 17.2 Å². The number of hydrogen-bond donors (Lipinski definition) is 3. The molecule has 2 aliphatic rings. The number of nitrogens with zero attached hydrogens (tertiary/aromatic N) is 5. The van der Waals surface area contributed by atoms with Gasteiger partial charge in [0.1, 0.15) is 17.7 Å². The van der Waals surface area contributed by atoms with Crippen LogP contribution in [0.4, 0.5) is 30.5 Å². The number of aromatic nitrogens is 2. The second-order valence-electron chi connectivity index (χ2n) is 12.5. The lowest BCUT2D eigenvalue weighted by atomic mass is 9.93. The second kappa shape index (κ2) is 15.5. The van der Waals surface area contributed by atoms with Crippen molar-refractivity contribution >= 4 is 29.2 Å². The van der Waals surface area contributed by atoms with Crippen molar-refractivity contribution in [2.45, 2.75) is 70.0 Å². The van der Waals surface area contributed by atoms with Crippen LogP contribution in [-0.4, -0.2) is 65.7 Å². The van der Waals surface area contributed by atoms with Gasteiger partial charge in [-0.25, -0.2) is 9.97 Å². The number of halogens is 3. The third-order valence-corrected chi connectivity index (χ3v) is 9.22.